The molecule has 6 N–H and O–H groups in total. The van der Waals surface area contributed by atoms with Crippen LogP contribution in [0.3, 0.4) is 0 Å². The zero-order chi connectivity index (χ0) is 70.3. The number of nitrogens with one attached hydrogen (secondary N) is 4. The number of benzene rings is 4. The number of ether oxygens (including phenoxy) is 1. The van der Waals surface area contributed by atoms with Crippen LogP contribution < -0.4 is 16.0 Å². The van der Waals surface area contributed by atoms with Crippen LogP contribution in [-0.2, 0) is 42.2 Å². The average molecular weight is 1430 g/mol. The second-order valence-corrected chi connectivity index (χ2v) is 29.9. The molecule has 1 aliphatic carbocycles. The third-order valence-electron chi connectivity index (χ3n) is 19.4. The number of carbonyl (C=O) groups excluding carboxylic acids is 4. The Hall–Kier alpha value is -7.00. The number of nitrogens with zero attached hydrogens (tertiary/aromatic N) is 7. The summed E-state index contributed by atoms with van der Waals surface area (Å²) in [6.07, 6.45) is 14.7. The van der Waals surface area contributed by atoms with E-state index in [1.54, 1.807) is 40.1 Å². The van der Waals surface area contributed by atoms with Crippen molar-refractivity contribution >= 4 is 110 Å². The van der Waals surface area contributed by atoms with Crippen molar-refractivity contribution < 1.29 is 34.1 Å². The highest BCUT2D eigenvalue weighted by Crippen LogP contribution is 2.40. The van der Waals surface area contributed by atoms with Crippen molar-refractivity contribution in [1.29, 1.82) is 0 Å². The van der Waals surface area contributed by atoms with Gasteiger partial charge >= 0.3 is 0 Å². The summed E-state index contributed by atoms with van der Waals surface area (Å²) in [6.45, 7) is 18.1. The molecule has 5 atom stereocenters. The molecule has 2 saturated heterocycles. The molecule has 0 bridgehead atoms. The number of aromatic nitrogens is 6. The van der Waals surface area contributed by atoms with E-state index in [1.807, 2.05) is 54.6 Å². The minimum atomic E-state index is -1.19. The number of aromatic amines is 1. The number of unbranched alkanes of at least 4 members (excludes halogenated alkanes) is 5. The van der Waals surface area contributed by atoms with E-state index in [0.717, 1.165) is 114 Å². The fourth-order valence-corrected chi connectivity index (χ4v) is 14.2. The number of Topliss-reactive ketones (excluding diaryl/α,β-unsaturated/α-hetero) is 1. The van der Waals surface area contributed by atoms with Gasteiger partial charge in [-0.25, -0.2) is 19.9 Å². The Morgan fingerprint density at radius 2 is 1.38 bits per heavy atom. The highest BCUT2D eigenvalue weighted by atomic mass is 35.5. The Balaban J connectivity index is 0.584. The highest BCUT2D eigenvalue weighted by molar-refractivity contribution is 6.42. The van der Waals surface area contributed by atoms with Crippen LogP contribution in [0, 0.1) is 11.8 Å². The molecule has 5 heterocycles. The third-order valence-corrected chi connectivity index (χ3v) is 20.9. The number of anilines is 1. The summed E-state index contributed by atoms with van der Waals surface area (Å²) in [7, 11) is 0. The van der Waals surface area contributed by atoms with Gasteiger partial charge in [-0.2, -0.15) is 0 Å². The molecule has 3 aliphatic rings. The normalized spacial score (nSPS) is 20.0. The Morgan fingerprint density at radius 3 is 2.03 bits per heavy atom. The fraction of sp³-hybridized carbons (Fsp3) is 0.481. The Morgan fingerprint density at radius 1 is 0.747 bits per heavy atom. The molecule has 528 valence electrons. The molecule has 0 radical (unpaired) electrons. The summed E-state index contributed by atoms with van der Waals surface area (Å²) >= 11 is 25.3. The van der Waals surface area contributed by atoms with Crippen LogP contribution in [0.15, 0.2) is 121 Å². The molecule has 10 rings (SSSR count). The van der Waals surface area contributed by atoms with Crippen LogP contribution >= 0.6 is 46.4 Å². The maximum absolute atomic E-state index is 14.7. The minimum Gasteiger partial charge on any atom is -0.387 e. The second kappa shape index (κ2) is 35.1. The quantitative estimate of drug-likeness (QED) is 0.0210. The van der Waals surface area contributed by atoms with Gasteiger partial charge in [0.25, 0.3) is 0 Å². The number of ketones is 1. The molecule has 22 heteroatoms. The number of likely N-dealkylation sites (tertiary alicyclic amines) is 1. The second-order valence-electron chi connectivity index (χ2n) is 28.3. The first kappa shape index (κ1) is 74.7. The van der Waals surface area contributed by atoms with Crippen LogP contribution in [0.25, 0.3) is 34.3 Å². The molecule has 3 aromatic heterocycles. The summed E-state index contributed by atoms with van der Waals surface area (Å²) in [6, 6.07) is 27.6. The summed E-state index contributed by atoms with van der Waals surface area (Å²) in [5, 5.41) is 33.7. The summed E-state index contributed by atoms with van der Waals surface area (Å²) in [5.41, 5.74) is 9.47. The molecule has 4 aromatic carbocycles. The van der Waals surface area contributed by atoms with Gasteiger partial charge in [-0.1, -0.05) is 142 Å². The average Bonchev–Trinajstić information content (AvgIpc) is 1.66. The van der Waals surface area contributed by atoms with E-state index in [-0.39, 0.29) is 67.3 Å². The zero-order valence-corrected chi connectivity index (χ0v) is 60.6. The van der Waals surface area contributed by atoms with Gasteiger partial charge in [0.15, 0.2) is 23.2 Å². The van der Waals surface area contributed by atoms with Crippen LogP contribution in [0.4, 0.5) is 5.82 Å². The lowest BCUT2D eigenvalue weighted by Gasteiger charge is -2.46. The Labute approximate surface area is 601 Å². The number of carbonyl (C=O) groups is 4. The maximum atomic E-state index is 14.7. The van der Waals surface area contributed by atoms with Gasteiger partial charge in [-0.3, -0.25) is 28.6 Å². The lowest BCUT2D eigenvalue weighted by Crippen LogP contribution is -2.52. The predicted molar refractivity (Wildman–Crippen MR) is 396 cm³/mol. The number of hydrogen-bond acceptors (Lipinski definition) is 13. The van der Waals surface area contributed by atoms with E-state index in [9.17, 15) is 29.4 Å². The number of fused-ring (bicyclic) bond motifs is 2. The topological polar surface area (TPSA) is 233 Å². The van der Waals surface area contributed by atoms with E-state index in [0.29, 0.717) is 101 Å². The van der Waals surface area contributed by atoms with Gasteiger partial charge < -0.3 is 40.8 Å². The maximum Gasteiger partial charge on any atom is 0.227 e. The van der Waals surface area contributed by atoms with E-state index >= 15 is 0 Å². The number of aliphatic hydroxyl groups excluding tert-OH is 2. The summed E-state index contributed by atoms with van der Waals surface area (Å²) < 4.78 is 8.13. The van der Waals surface area contributed by atoms with Gasteiger partial charge in [0, 0.05) is 89.4 Å². The first-order chi connectivity index (χ1) is 47.5. The Kier molecular flexibility index (Phi) is 26.4. The van der Waals surface area contributed by atoms with Crippen molar-refractivity contribution in [3.8, 4) is 0 Å². The van der Waals surface area contributed by atoms with Crippen molar-refractivity contribution in [2.24, 2.45) is 11.8 Å². The lowest BCUT2D eigenvalue weighted by molar-refractivity contribution is -0.137. The van der Waals surface area contributed by atoms with Crippen molar-refractivity contribution in [2.45, 2.75) is 186 Å². The summed E-state index contributed by atoms with van der Waals surface area (Å²) in [5.74, 6) is 1.30. The van der Waals surface area contributed by atoms with Crippen molar-refractivity contribution in [3.63, 3.8) is 0 Å². The molecule has 1 saturated carbocycles. The molecule has 3 amide bonds. The number of imidazole rings is 2. The number of H-pyrrole nitrogens is 1. The minimum absolute atomic E-state index is 0.0454. The standard InChI is InChI=1S/C77H95Cl4N11O7/c1-48(2)91(58-37-53(38-58)25-30-67-88-64-29-26-57(77(4,5)6)42-65(64)89-67)45-66-71(96)72(97)76(99-66)92-47-87-70-73(85-46-86-74(70)92)84-33-16-15-32-83-69(95)22-17-21-68(94)82-31-14-9-7-8-13-20-59(93)41-54(34-50-18-11-10-12-19-50)75(98)90-43-55(35-51-23-27-60(78)62(80)39-51)49(3)56(44-90)36-52-24-28-61(79)63(81)40-52/h10-12,18-19,23-24,26-29,35-36,39-40,42,46-48,53-54,58,66,71-72,76,96-97H,3,7-9,13-17,20-22,25,30-34,37-38,41,43-45H2,1-2,4-6H3,(H,82,94)(H,83,95)(H,88,89)(H,84,85,86)/b55-35+,56-36+. The predicted octanol–water partition coefficient (Wildman–Crippen LogP) is 14.7. The summed E-state index contributed by atoms with van der Waals surface area (Å²) in [4.78, 5) is 80.0. The highest BCUT2D eigenvalue weighted by Gasteiger charge is 2.47. The van der Waals surface area contributed by atoms with E-state index in [1.165, 1.54) is 11.9 Å². The van der Waals surface area contributed by atoms with Crippen LogP contribution in [-0.4, -0.2) is 143 Å². The molecular weight excluding hydrogens is 1330 g/mol. The number of piperidine rings is 1. The number of amides is 3. The number of aryl methyl sites for hydroxylation is 1. The van der Waals surface area contributed by atoms with Crippen molar-refractivity contribution in [3.05, 3.63) is 169 Å². The molecule has 0 spiro atoms. The fourth-order valence-electron chi connectivity index (χ4n) is 13.6. The zero-order valence-electron chi connectivity index (χ0n) is 57.6. The van der Waals surface area contributed by atoms with E-state index < -0.39 is 30.5 Å². The largest absolute Gasteiger partial charge is 0.387 e. The van der Waals surface area contributed by atoms with Gasteiger partial charge in [0.05, 0.1) is 37.5 Å². The molecule has 99 heavy (non-hydrogen) atoms. The van der Waals surface area contributed by atoms with E-state index in [4.69, 9.17) is 56.1 Å². The molecule has 7 aromatic rings. The molecule has 2 aliphatic heterocycles. The first-order valence-electron chi connectivity index (χ1n) is 35.1. The number of aliphatic hydroxyl groups is 2. The number of rotatable bonds is 33. The SMILES string of the molecule is C=C1/C(=C/c2ccc(Cl)c(Cl)c2)CN(C(=O)C(CC(=O)CCCCCCCNC(=O)CCCC(=O)NCCCCNc2ncnc3c2ncn3C2OC(CN(C(C)C)C3CC(CCc4nc5ccc(C(C)(C)C)cc5[nH]4)C3)C(O)C2O)Cc2ccccc2)C/C1=C\c1ccc(Cl)c(Cl)c1. The molecular formula is C77H95Cl4N11O7. The third kappa shape index (κ3) is 20.4. The van der Waals surface area contributed by atoms with Gasteiger partial charge in [0.1, 0.15) is 36.2 Å². The van der Waals surface area contributed by atoms with Crippen molar-refractivity contribution in [2.75, 3.05) is 44.6 Å². The monoisotopic (exact) mass is 1430 g/mol. The number of hydrogen-bond donors (Lipinski definition) is 6. The molecule has 18 nitrogen and oxygen atoms in total. The molecule has 3 fully saturated rings. The van der Waals surface area contributed by atoms with Gasteiger partial charge in [0.2, 0.25) is 17.7 Å². The number of halogens is 4. The first-order valence-corrected chi connectivity index (χ1v) is 36.6. The molecule has 5 unspecified atom stereocenters. The van der Waals surface area contributed by atoms with E-state index in [2.05, 4.69) is 100 Å². The van der Waals surface area contributed by atoms with Gasteiger partial charge in [-0.15, -0.1) is 0 Å². The van der Waals surface area contributed by atoms with Gasteiger partial charge in [-0.05, 0) is 170 Å². The van der Waals surface area contributed by atoms with Crippen molar-refractivity contribution in [1.82, 2.24) is 49.9 Å². The van der Waals surface area contributed by atoms with Crippen LogP contribution in [0.1, 0.15) is 165 Å². The van der Waals surface area contributed by atoms with Crippen LogP contribution in [0.5, 0.6) is 0 Å². The Bertz CT molecular complexity index is 3940. The van der Waals surface area contributed by atoms with Crippen LogP contribution in [0.2, 0.25) is 20.1 Å². The smallest absolute Gasteiger partial charge is 0.227 e. The lowest BCUT2D eigenvalue weighted by atomic mass is 9.76.